The van der Waals surface area contributed by atoms with E-state index in [9.17, 15) is 9.59 Å². The van der Waals surface area contributed by atoms with E-state index in [1.54, 1.807) is 0 Å². The zero-order valence-electron chi connectivity index (χ0n) is 12.8. The standard InChI is InChI=1S/C14H28N2O3/c1-5-9-16(10-6-2)13(17)12-15(3)11-7-8-14(18)19-4/h5-12H2,1-4H3. The van der Waals surface area contributed by atoms with E-state index in [4.69, 9.17) is 0 Å². The molecule has 0 unspecified atom stereocenters. The quantitative estimate of drug-likeness (QED) is 0.566. The number of nitrogens with zero attached hydrogens (tertiary/aromatic N) is 2. The van der Waals surface area contributed by atoms with E-state index in [-0.39, 0.29) is 11.9 Å². The lowest BCUT2D eigenvalue weighted by atomic mass is 10.3. The monoisotopic (exact) mass is 272 g/mol. The summed E-state index contributed by atoms with van der Waals surface area (Å²) < 4.78 is 4.58. The highest BCUT2D eigenvalue weighted by Crippen LogP contribution is 1.99. The lowest BCUT2D eigenvalue weighted by Gasteiger charge is -2.24. The van der Waals surface area contributed by atoms with Gasteiger partial charge in [0.2, 0.25) is 5.91 Å². The predicted molar refractivity (Wildman–Crippen MR) is 75.9 cm³/mol. The van der Waals surface area contributed by atoms with Crippen LogP contribution in [0.1, 0.15) is 39.5 Å². The second-order valence-corrected chi connectivity index (χ2v) is 4.80. The molecule has 0 heterocycles. The van der Waals surface area contributed by atoms with Crippen molar-refractivity contribution in [2.75, 3.05) is 40.3 Å². The summed E-state index contributed by atoms with van der Waals surface area (Å²) in [7, 11) is 3.30. The molecule has 5 nitrogen and oxygen atoms in total. The molecule has 0 aliphatic heterocycles. The van der Waals surface area contributed by atoms with Crippen molar-refractivity contribution >= 4 is 11.9 Å². The van der Waals surface area contributed by atoms with Crippen LogP contribution in [-0.2, 0) is 14.3 Å². The first-order chi connectivity index (χ1) is 9.04. The molecule has 0 radical (unpaired) electrons. The van der Waals surface area contributed by atoms with Crippen molar-refractivity contribution in [2.45, 2.75) is 39.5 Å². The molecular formula is C14H28N2O3. The third kappa shape index (κ3) is 8.59. The fourth-order valence-electron chi connectivity index (χ4n) is 1.91. The third-order valence-electron chi connectivity index (χ3n) is 2.89. The van der Waals surface area contributed by atoms with Crippen LogP contribution in [0.5, 0.6) is 0 Å². The SMILES string of the molecule is CCCN(CCC)C(=O)CN(C)CCCC(=O)OC. The molecule has 112 valence electrons. The summed E-state index contributed by atoms with van der Waals surface area (Å²) in [5.41, 5.74) is 0. The zero-order chi connectivity index (χ0) is 14.7. The molecule has 0 fully saturated rings. The Bertz CT molecular complexity index is 263. The van der Waals surface area contributed by atoms with Crippen molar-refractivity contribution in [2.24, 2.45) is 0 Å². The second-order valence-electron chi connectivity index (χ2n) is 4.80. The topological polar surface area (TPSA) is 49.9 Å². The van der Waals surface area contributed by atoms with Gasteiger partial charge in [0.25, 0.3) is 0 Å². The van der Waals surface area contributed by atoms with E-state index in [0.29, 0.717) is 13.0 Å². The second kappa shape index (κ2) is 10.8. The van der Waals surface area contributed by atoms with Crippen molar-refractivity contribution in [1.29, 1.82) is 0 Å². The number of likely N-dealkylation sites (N-methyl/N-ethyl adjacent to an activating group) is 1. The summed E-state index contributed by atoms with van der Waals surface area (Å²) in [5, 5.41) is 0. The lowest BCUT2D eigenvalue weighted by Crippen LogP contribution is -2.40. The minimum atomic E-state index is -0.196. The highest BCUT2D eigenvalue weighted by atomic mass is 16.5. The van der Waals surface area contributed by atoms with Gasteiger partial charge in [0.15, 0.2) is 0 Å². The minimum Gasteiger partial charge on any atom is -0.469 e. The summed E-state index contributed by atoms with van der Waals surface area (Å²) in [5.74, 6) is -0.0254. The Morgan fingerprint density at radius 1 is 1.05 bits per heavy atom. The van der Waals surface area contributed by atoms with E-state index in [1.165, 1.54) is 7.11 Å². The molecule has 0 aromatic heterocycles. The lowest BCUT2D eigenvalue weighted by molar-refractivity contribution is -0.140. The molecule has 0 aromatic rings. The van der Waals surface area contributed by atoms with Crippen molar-refractivity contribution in [3.63, 3.8) is 0 Å². The number of amides is 1. The number of hydrogen-bond acceptors (Lipinski definition) is 4. The molecule has 5 heteroatoms. The van der Waals surface area contributed by atoms with Crippen LogP contribution >= 0.6 is 0 Å². The average Bonchev–Trinajstić information content (AvgIpc) is 2.38. The van der Waals surface area contributed by atoms with Crippen molar-refractivity contribution in [3.8, 4) is 0 Å². The van der Waals surface area contributed by atoms with Gasteiger partial charge >= 0.3 is 5.97 Å². The Morgan fingerprint density at radius 3 is 2.11 bits per heavy atom. The van der Waals surface area contributed by atoms with Gasteiger partial charge < -0.3 is 9.64 Å². The third-order valence-corrected chi connectivity index (χ3v) is 2.89. The van der Waals surface area contributed by atoms with Crippen LogP contribution in [0.15, 0.2) is 0 Å². The van der Waals surface area contributed by atoms with E-state index < -0.39 is 0 Å². The molecule has 0 atom stereocenters. The van der Waals surface area contributed by atoms with Crippen molar-refractivity contribution in [3.05, 3.63) is 0 Å². The number of hydrogen-bond donors (Lipinski definition) is 0. The summed E-state index contributed by atoms with van der Waals surface area (Å²) in [6.07, 6.45) is 3.09. The molecule has 1 amide bonds. The predicted octanol–water partition coefficient (Wildman–Crippen LogP) is 1.52. The van der Waals surface area contributed by atoms with Gasteiger partial charge in [-0.1, -0.05) is 13.8 Å². The Morgan fingerprint density at radius 2 is 1.63 bits per heavy atom. The van der Waals surface area contributed by atoms with Gasteiger partial charge in [-0.3, -0.25) is 14.5 Å². The summed E-state index contributed by atoms with van der Waals surface area (Å²) in [6.45, 7) is 6.95. The number of rotatable bonds is 10. The van der Waals surface area contributed by atoms with Gasteiger partial charge in [0, 0.05) is 19.5 Å². The summed E-state index contributed by atoms with van der Waals surface area (Å²) >= 11 is 0. The number of carbonyl (C=O) groups excluding carboxylic acids is 2. The maximum Gasteiger partial charge on any atom is 0.305 e. The van der Waals surface area contributed by atoms with Crippen LogP contribution < -0.4 is 0 Å². The van der Waals surface area contributed by atoms with Crippen molar-refractivity contribution in [1.82, 2.24) is 9.80 Å². The molecule has 0 aliphatic rings. The molecule has 19 heavy (non-hydrogen) atoms. The highest BCUT2D eigenvalue weighted by Gasteiger charge is 2.14. The number of carbonyl (C=O) groups is 2. The first kappa shape index (κ1) is 17.9. The molecule has 0 bridgehead atoms. The van der Waals surface area contributed by atoms with Crippen LogP contribution in [0.4, 0.5) is 0 Å². The fourth-order valence-corrected chi connectivity index (χ4v) is 1.91. The maximum absolute atomic E-state index is 12.1. The minimum absolute atomic E-state index is 0.171. The smallest absolute Gasteiger partial charge is 0.305 e. The van der Waals surface area contributed by atoms with E-state index in [1.807, 2.05) is 16.8 Å². The van der Waals surface area contributed by atoms with Crippen LogP contribution in [0, 0.1) is 0 Å². The normalized spacial score (nSPS) is 10.6. The average molecular weight is 272 g/mol. The van der Waals surface area contributed by atoms with Gasteiger partial charge in [0.1, 0.15) is 0 Å². The fraction of sp³-hybridized carbons (Fsp3) is 0.857. The molecular weight excluding hydrogens is 244 g/mol. The van der Waals surface area contributed by atoms with E-state index in [0.717, 1.165) is 38.9 Å². The Hall–Kier alpha value is -1.10. The summed E-state index contributed by atoms with van der Waals surface area (Å²) in [6, 6.07) is 0. The van der Waals surface area contributed by atoms with Gasteiger partial charge in [-0.15, -0.1) is 0 Å². The number of ether oxygens (including phenoxy) is 1. The van der Waals surface area contributed by atoms with Crippen molar-refractivity contribution < 1.29 is 14.3 Å². The molecule has 0 aliphatic carbocycles. The molecule has 0 saturated heterocycles. The first-order valence-corrected chi connectivity index (χ1v) is 7.08. The largest absolute Gasteiger partial charge is 0.469 e. The molecule has 0 aromatic carbocycles. The first-order valence-electron chi connectivity index (χ1n) is 7.08. The van der Waals surface area contributed by atoms with Gasteiger partial charge in [-0.05, 0) is 32.9 Å². The van der Waals surface area contributed by atoms with Gasteiger partial charge in [-0.2, -0.15) is 0 Å². The summed E-state index contributed by atoms with van der Waals surface area (Å²) in [4.78, 5) is 26.9. The molecule has 0 rings (SSSR count). The van der Waals surface area contributed by atoms with Gasteiger partial charge in [-0.25, -0.2) is 0 Å². The van der Waals surface area contributed by atoms with Crippen LogP contribution in [0.3, 0.4) is 0 Å². The Balaban J connectivity index is 3.97. The zero-order valence-corrected chi connectivity index (χ0v) is 12.8. The highest BCUT2D eigenvalue weighted by molar-refractivity contribution is 5.78. The maximum atomic E-state index is 12.1. The molecule has 0 spiro atoms. The van der Waals surface area contributed by atoms with Crippen LogP contribution in [-0.4, -0.2) is 62.0 Å². The Kier molecular flexibility index (Phi) is 10.2. The van der Waals surface area contributed by atoms with Gasteiger partial charge in [0.05, 0.1) is 13.7 Å². The number of methoxy groups -OCH3 is 1. The van der Waals surface area contributed by atoms with E-state index in [2.05, 4.69) is 18.6 Å². The number of esters is 1. The molecule has 0 N–H and O–H groups in total. The Labute approximate surface area is 116 Å². The van der Waals surface area contributed by atoms with E-state index >= 15 is 0 Å². The van der Waals surface area contributed by atoms with Crippen LogP contribution in [0.25, 0.3) is 0 Å². The molecule has 0 saturated carbocycles. The van der Waals surface area contributed by atoms with Crippen LogP contribution in [0.2, 0.25) is 0 Å².